The van der Waals surface area contributed by atoms with Gasteiger partial charge in [-0.25, -0.2) is 0 Å². The Bertz CT molecular complexity index is 871. The Morgan fingerprint density at radius 2 is 1.82 bits per heavy atom. The number of ketones is 2. The largest absolute Gasteiger partial charge is 0.508 e. The second-order valence-corrected chi connectivity index (χ2v) is 9.92. The van der Waals surface area contributed by atoms with Crippen LogP contribution in [0.1, 0.15) is 84.3 Å². The van der Waals surface area contributed by atoms with Crippen molar-refractivity contribution in [3.05, 3.63) is 46.6 Å². The molecule has 0 bridgehead atoms. The number of rotatable bonds is 14. The Labute approximate surface area is 199 Å². The fraction of sp³-hybridized carbons (Fsp3) is 0.571. The van der Waals surface area contributed by atoms with Crippen LogP contribution < -0.4 is 4.74 Å². The third kappa shape index (κ3) is 11.3. The average Bonchev–Trinajstić information content (AvgIpc) is 2.69. The Morgan fingerprint density at radius 1 is 1.15 bits per heavy atom. The van der Waals surface area contributed by atoms with Crippen molar-refractivity contribution in [3.8, 4) is 11.5 Å². The van der Waals surface area contributed by atoms with Gasteiger partial charge in [0.2, 0.25) is 0 Å². The summed E-state index contributed by atoms with van der Waals surface area (Å²) < 4.78 is 5.45. The highest BCUT2D eigenvalue weighted by atomic mass is 16.5. The van der Waals surface area contributed by atoms with Crippen LogP contribution in [0.5, 0.6) is 11.5 Å². The summed E-state index contributed by atoms with van der Waals surface area (Å²) >= 11 is 0. The number of Topliss-reactive ketones (excluding diaryl/α,β-unsaturated/α-hetero) is 1. The minimum Gasteiger partial charge on any atom is -0.508 e. The van der Waals surface area contributed by atoms with Gasteiger partial charge in [0.15, 0.2) is 5.78 Å². The number of allylic oxidation sites excluding steroid dienone is 4. The van der Waals surface area contributed by atoms with Gasteiger partial charge in [0.25, 0.3) is 0 Å². The molecule has 0 radical (unpaired) electrons. The molecule has 0 spiro atoms. The summed E-state index contributed by atoms with van der Waals surface area (Å²) in [6.45, 7) is 11.2. The first-order valence-corrected chi connectivity index (χ1v) is 11.8. The number of phenols is 1. The Hall–Kier alpha value is -2.40. The van der Waals surface area contributed by atoms with E-state index in [-0.39, 0.29) is 23.2 Å². The zero-order valence-electron chi connectivity index (χ0n) is 21.5. The minimum atomic E-state index is -0.810. The molecule has 0 aliphatic carbocycles. The van der Waals surface area contributed by atoms with E-state index in [1.807, 2.05) is 33.8 Å². The molecule has 0 heterocycles. The van der Waals surface area contributed by atoms with E-state index in [0.29, 0.717) is 25.7 Å². The lowest BCUT2D eigenvalue weighted by atomic mass is 9.92. The number of hydrogen-bond acceptors (Lipinski definition) is 5. The van der Waals surface area contributed by atoms with Crippen LogP contribution in [0.2, 0.25) is 0 Å². The Morgan fingerprint density at radius 3 is 2.42 bits per heavy atom. The second-order valence-electron chi connectivity index (χ2n) is 9.92. The van der Waals surface area contributed by atoms with Crippen LogP contribution in [0.15, 0.2) is 35.4 Å². The number of methoxy groups -OCH3 is 1. The summed E-state index contributed by atoms with van der Waals surface area (Å²) in [7, 11) is 1.61. The number of ether oxygens (including phenoxy) is 1. The van der Waals surface area contributed by atoms with Gasteiger partial charge in [-0.3, -0.25) is 9.59 Å². The third-order valence-corrected chi connectivity index (χ3v) is 5.81. The highest BCUT2D eigenvalue weighted by Crippen LogP contribution is 2.29. The van der Waals surface area contributed by atoms with Crippen molar-refractivity contribution >= 4 is 11.6 Å². The summed E-state index contributed by atoms with van der Waals surface area (Å²) in [5, 5.41) is 19.6. The van der Waals surface area contributed by atoms with E-state index in [4.69, 9.17) is 4.74 Å². The molecule has 1 unspecified atom stereocenters. The zero-order valence-corrected chi connectivity index (χ0v) is 21.5. The number of benzene rings is 1. The number of carbonyl (C=O) groups is 2. The Kier molecular flexibility index (Phi) is 11.6. The first-order valence-electron chi connectivity index (χ1n) is 11.8. The van der Waals surface area contributed by atoms with E-state index in [2.05, 4.69) is 0 Å². The van der Waals surface area contributed by atoms with Crippen molar-refractivity contribution in [3.63, 3.8) is 0 Å². The third-order valence-electron chi connectivity index (χ3n) is 5.81. The van der Waals surface area contributed by atoms with Gasteiger partial charge in [-0.1, -0.05) is 24.1 Å². The standard InChI is InChI=1S/C28H42O5/c1-19(9-8-10-21(3)26(31)13-14-28(5,6)32)15-24(29)16-20(2)11-12-23-18-25(30)17-22(4)27(23)33-7/h11,15,17-18,21,30,32H,8-10,12-14,16H2,1-7H3/b19-15-,20-11+. The lowest BCUT2D eigenvalue weighted by molar-refractivity contribution is -0.123. The van der Waals surface area contributed by atoms with Crippen molar-refractivity contribution in [2.75, 3.05) is 7.11 Å². The van der Waals surface area contributed by atoms with Crippen molar-refractivity contribution in [1.29, 1.82) is 0 Å². The molecule has 0 amide bonds. The van der Waals surface area contributed by atoms with Gasteiger partial charge in [-0.15, -0.1) is 0 Å². The Balaban J connectivity index is 2.51. The first kappa shape index (κ1) is 28.6. The van der Waals surface area contributed by atoms with E-state index in [9.17, 15) is 19.8 Å². The summed E-state index contributed by atoms with van der Waals surface area (Å²) in [5.74, 6) is 1.19. The maximum Gasteiger partial charge on any atom is 0.159 e. The monoisotopic (exact) mass is 458 g/mol. The van der Waals surface area contributed by atoms with Crippen molar-refractivity contribution < 1.29 is 24.5 Å². The van der Waals surface area contributed by atoms with Crippen molar-refractivity contribution in [2.45, 2.75) is 92.1 Å². The van der Waals surface area contributed by atoms with Crippen LogP contribution in [0.3, 0.4) is 0 Å². The molecule has 2 N–H and O–H groups in total. The zero-order chi connectivity index (χ0) is 25.2. The van der Waals surface area contributed by atoms with Crippen LogP contribution in [0.25, 0.3) is 0 Å². The van der Waals surface area contributed by atoms with E-state index in [0.717, 1.165) is 47.3 Å². The van der Waals surface area contributed by atoms with Gasteiger partial charge in [0.1, 0.15) is 17.3 Å². The minimum absolute atomic E-state index is 0.0286. The van der Waals surface area contributed by atoms with E-state index >= 15 is 0 Å². The topological polar surface area (TPSA) is 83.8 Å². The van der Waals surface area contributed by atoms with Crippen molar-refractivity contribution in [2.24, 2.45) is 5.92 Å². The first-order chi connectivity index (χ1) is 15.3. The fourth-order valence-electron chi connectivity index (χ4n) is 3.82. The van der Waals surface area contributed by atoms with E-state index in [1.54, 1.807) is 39.2 Å². The molecular weight excluding hydrogens is 416 g/mol. The number of hydrogen-bond donors (Lipinski definition) is 2. The summed E-state index contributed by atoms with van der Waals surface area (Å²) in [6.07, 6.45) is 7.95. The maximum absolute atomic E-state index is 12.4. The highest BCUT2D eigenvalue weighted by Gasteiger charge is 2.18. The molecule has 0 aromatic heterocycles. The molecule has 1 aromatic rings. The van der Waals surface area contributed by atoms with Crippen molar-refractivity contribution in [1.82, 2.24) is 0 Å². The molecule has 0 aliphatic heterocycles. The number of aliphatic hydroxyl groups is 1. The van der Waals surface area contributed by atoms with Crippen LogP contribution >= 0.6 is 0 Å². The number of aromatic hydroxyl groups is 1. The van der Waals surface area contributed by atoms with Crippen LogP contribution in [0.4, 0.5) is 0 Å². The molecule has 5 nitrogen and oxygen atoms in total. The van der Waals surface area contributed by atoms with Crippen LogP contribution in [-0.4, -0.2) is 34.5 Å². The number of carbonyl (C=O) groups excluding carboxylic acids is 2. The molecule has 0 saturated heterocycles. The fourth-order valence-corrected chi connectivity index (χ4v) is 3.82. The molecule has 33 heavy (non-hydrogen) atoms. The van der Waals surface area contributed by atoms with Gasteiger partial charge in [0, 0.05) is 24.3 Å². The van der Waals surface area contributed by atoms with Gasteiger partial charge in [-0.2, -0.15) is 0 Å². The number of aryl methyl sites for hydroxylation is 1. The molecular formula is C28H42O5. The molecule has 184 valence electrons. The molecule has 0 fully saturated rings. The van der Waals surface area contributed by atoms with Crippen LogP contribution in [-0.2, 0) is 16.0 Å². The predicted molar refractivity (Wildman–Crippen MR) is 134 cm³/mol. The summed E-state index contributed by atoms with van der Waals surface area (Å²) in [6, 6.07) is 3.36. The SMILES string of the molecule is COc1c(C)cc(O)cc1C/C=C(\C)CC(=O)/C=C(/C)CCCC(C)C(=O)CCC(C)(C)O. The highest BCUT2D eigenvalue weighted by molar-refractivity contribution is 5.91. The maximum atomic E-state index is 12.4. The van der Waals surface area contributed by atoms with Gasteiger partial charge in [0.05, 0.1) is 12.7 Å². The average molecular weight is 459 g/mol. The lowest BCUT2D eigenvalue weighted by Crippen LogP contribution is -2.22. The lowest BCUT2D eigenvalue weighted by Gasteiger charge is -2.17. The predicted octanol–water partition coefficient (Wildman–Crippen LogP) is 6.03. The second kappa shape index (κ2) is 13.3. The molecule has 1 atom stereocenters. The summed E-state index contributed by atoms with van der Waals surface area (Å²) in [4.78, 5) is 24.6. The molecule has 1 aromatic carbocycles. The van der Waals surface area contributed by atoms with Gasteiger partial charge >= 0.3 is 0 Å². The molecule has 5 heteroatoms. The van der Waals surface area contributed by atoms with E-state index in [1.165, 1.54) is 0 Å². The van der Waals surface area contributed by atoms with E-state index < -0.39 is 5.60 Å². The molecule has 0 saturated carbocycles. The molecule has 1 rings (SSSR count). The van der Waals surface area contributed by atoms with Gasteiger partial charge in [-0.05, 0) is 90.5 Å². The van der Waals surface area contributed by atoms with Crippen LogP contribution in [0, 0.1) is 12.8 Å². The summed E-state index contributed by atoms with van der Waals surface area (Å²) in [5.41, 5.74) is 2.95. The molecule has 0 aliphatic rings. The quantitative estimate of drug-likeness (QED) is 0.263. The smallest absolute Gasteiger partial charge is 0.159 e. The van der Waals surface area contributed by atoms with Gasteiger partial charge < -0.3 is 14.9 Å². The number of phenolic OH excluding ortho intramolecular Hbond substituents is 1. The normalized spacial score (nSPS) is 13.7.